The molecule has 0 radical (unpaired) electrons. The predicted molar refractivity (Wildman–Crippen MR) is 115 cm³/mol. The van der Waals surface area contributed by atoms with Crippen molar-refractivity contribution in [2.45, 2.75) is 56.6 Å². The quantitative estimate of drug-likeness (QED) is 0.696. The normalized spacial score (nSPS) is 21.5. The molecule has 164 valence electrons. The lowest BCUT2D eigenvalue weighted by atomic mass is 10.0. The van der Waals surface area contributed by atoms with Crippen molar-refractivity contribution in [1.82, 2.24) is 14.4 Å². The van der Waals surface area contributed by atoms with E-state index in [9.17, 15) is 8.42 Å². The lowest BCUT2D eigenvalue weighted by Crippen LogP contribution is -2.47. The first kappa shape index (κ1) is 21.5. The molecule has 4 rings (SSSR count). The minimum Gasteiger partial charge on any atom is -0.377 e. The van der Waals surface area contributed by atoms with Gasteiger partial charge in [-0.2, -0.15) is 4.31 Å². The minimum absolute atomic E-state index is 0.321. The second kappa shape index (κ2) is 8.78. The van der Waals surface area contributed by atoms with Crippen molar-refractivity contribution < 1.29 is 17.7 Å². The first-order valence-electron chi connectivity index (χ1n) is 10.7. The maximum Gasteiger partial charge on any atom is 0.243 e. The van der Waals surface area contributed by atoms with Crippen LogP contribution < -0.4 is 0 Å². The van der Waals surface area contributed by atoms with Crippen LogP contribution in [0.1, 0.15) is 36.9 Å². The molecule has 0 bridgehead atoms. The van der Waals surface area contributed by atoms with E-state index in [1.165, 1.54) is 0 Å². The molecule has 2 fully saturated rings. The molecular formula is C22H31N3O4S. The molecule has 1 aromatic heterocycles. The maximum absolute atomic E-state index is 13.4. The van der Waals surface area contributed by atoms with E-state index in [1.54, 1.807) is 10.4 Å². The fourth-order valence-corrected chi connectivity index (χ4v) is 6.17. The first-order valence-corrected chi connectivity index (χ1v) is 12.1. The van der Waals surface area contributed by atoms with Crippen molar-refractivity contribution in [3.8, 4) is 11.3 Å². The van der Waals surface area contributed by atoms with Crippen LogP contribution in [0.5, 0.6) is 0 Å². The molecule has 2 saturated heterocycles. The third-order valence-corrected chi connectivity index (χ3v) is 8.32. The summed E-state index contributed by atoms with van der Waals surface area (Å²) in [5, 5.41) is 3.91. The molecule has 1 aromatic carbocycles. The fraction of sp³-hybridized carbons (Fsp3) is 0.591. The number of piperidine rings is 1. The Bertz CT molecular complexity index is 974. The number of aromatic nitrogens is 1. The third-order valence-electron chi connectivity index (χ3n) is 6.28. The lowest BCUT2D eigenvalue weighted by Gasteiger charge is -2.37. The van der Waals surface area contributed by atoms with E-state index in [-0.39, 0.29) is 0 Å². The SMILES string of the molecule is Cc1cc(-c2ccc(C)c(S(=O)(=O)N3CCC(N(C)CC4CCCO4)CC3)c2)on1. The van der Waals surface area contributed by atoms with Crippen molar-refractivity contribution in [2.24, 2.45) is 0 Å². The highest BCUT2D eigenvalue weighted by Crippen LogP contribution is 2.29. The molecule has 0 aliphatic carbocycles. The van der Waals surface area contributed by atoms with Crippen LogP contribution in [0.4, 0.5) is 0 Å². The maximum atomic E-state index is 13.4. The monoisotopic (exact) mass is 433 g/mol. The smallest absolute Gasteiger partial charge is 0.243 e. The van der Waals surface area contributed by atoms with Gasteiger partial charge in [0.1, 0.15) is 0 Å². The van der Waals surface area contributed by atoms with E-state index in [2.05, 4.69) is 17.1 Å². The molecule has 0 spiro atoms. The van der Waals surface area contributed by atoms with E-state index in [4.69, 9.17) is 9.26 Å². The van der Waals surface area contributed by atoms with Gasteiger partial charge >= 0.3 is 0 Å². The summed E-state index contributed by atoms with van der Waals surface area (Å²) >= 11 is 0. The van der Waals surface area contributed by atoms with Crippen molar-refractivity contribution >= 4 is 10.0 Å². The van der Waals surface area contributed by atoms with Crippen LogP contribution in [0.2, 0.25) is 0 Å². The van der Waals surface area contributed by atoms with Crippen LogP contribution in [0.15, 0.2) is 33.7 Å². The van der Waals surface area contributed by atoms with Gasteiger partial charge in [-0.1, -0.05) is 17.3 Å². The summed E-state index contributed by atoms with van der Waals surface area (Å²) in [4.78, 5) is 2.69. The number of sulfonamides is 1. The van der Waals surface area contributed by atoms with Crippen LogP contribution in [0, 0.1) is 13.8 Å². The van der Waals surface area contributed by atoms with Gasteiger partial charge in [0.15, 0.2) is 5.76 Å². The Balaban J connectivity index is 1.45. The number of hydrogen-bond acceptors (Lipinski definition) is 6. The Morgan fingerprint density at radius 2 is 1.93 bits per heavy atom. The number of benzene rings is 1. The van der Waals surface area contributed by atoms with Gasteiger partial charge in [0, 0.05) is 43.9 Å². The third kappa shape index (κ3) is 4.46. The first-order chi connectivity index (χ1) is 14.3. The van der Waals surface area contributed by atoms with Crippen molar-refractivity contribution in [1.29, 1.82) is 0 Å². The molecule has 0 saturated carbocycles. The number of ether oxygens (including phenoxy) is 1. The Labute approximate surface area is 179 Å². The molecule has 0 amide bonds. The van der Waals surface area contributed by atoms with Crippen LogP contribution in [-0.2, 0) is 14.8 Å². The van der Waals surface area contributed by atoms with E-state index in [0.29, 0.717) is 35.9 Å². The predicted octanol–water partition coefficient (Wildman–Crippen LogP) is 3.22. The Kier molecular flexibility index (Phi) is 6.29. The van der Waals surface area contributed by atoms with Crippen LogP contribution in [0.25, 0.3) is 11.3 Å². The van der Waals surface area contributed by atoms with Gasteiger partial charge in [-0.25, -0.2) is 8.42 Å². The molecule has 8 heteroatoms. The van der Waals surface area contributed by atoms with Gasteiger partial charge in [-0.3, -0.25) is 0 Å². The molecule has 2 aliphatic heterocycles. The molecule has 7 nitrogen and oxygen atoms in total. The molecule has 2 aliphatic rings. The van der Waals surface area contributed by atoms with E-state index < -0.39 is 10.0 Å². The Hall–Kier alpha value is -1.74. The highest BCUT2D eigenvalue weighted by molar-refractivity contribution is 7.89. The van der Waals surface area contributed by atoms with Crippen LogP contribution in [0.3, 0.4) is 0 Å². The van der Waals surface area contributed by atoms with Crippen molar-refractivity contribution in [2.75, 3.05) is 33.3 Å². The standard InChI is InChI=1S/C22H31N3O4S/c1-16-6-7-18(21-13-17(2)23-29-21)14-22(16)30(26,27)25-10-8-19(9-11-25)24(3)15-20-5-4-12-28-20/h6-7,13-14,19-20H,4-5,8-12,15H2,1-3H3. The highest BCUT2D eigenvalue weighted by atomic mass is 32.2. The summed E-state index contributed by atoms with van der Waals surface area (Å²) in [7, 11) is -1.43. The summed E-state index contributed by atoms with van der Waals surface area (Å²) in [6, 6.07) is 7.63. The zero-order chi connectivity index (χ0) is 21.3. The van der Waals surface area contributed by atoms with Gasteiger partial charge < -0.3 is 14.2 Å². The Morgan fingerprint density at radius 3 is 2.57 bits per heavy atom. The van der Waals surface area contributed by atoms with E-state index in [0.717, 1.165) is 55.7 Å². The number of aryl methyl sites for hydroxylation is 2. The molecule has 1 unspecified atom stereocenters. The summed E-state index contributed by atoms with van der Waals surface area (Å²) in [6.07, 6.45) is 4.26. The average Bonchev–Trinajstić information content (AvgIpc) is 3.40. The average molecular weight is 434 g/mol. The van der Waals surface area contributed by atoms with Gasteiger partial charge in [-0.15, -0.1) is 0 Å². The summed E-state index contributed by atoms with van der Waals surface area (Å²) < 4.78 is 39.5. The summed E-state index contributed by atoms with van der Waals surface area (Å²) in [6.45, 7) is 6.54. The minimum atomic E-state index is -3.56. The molecular weight excluding hydrogens is 402 g/mol. The molecule has 2 aromatic rings. The summed E-state index contributed by atoms with van der Waals surface area (Å²) in [5.74, 6) is 0.582. The van der Waals surface area contributed by atoms with Crippen molar-refractivity contribution in [3.63, 3.8) is 0 Å². The van der Waals surface area contributed by atoms with Gasteiger partial charge in [0.2, 0.25) is 10.0 Å². The van der Waals surface area contributed by atoms with E-state index >= 15 is 0 Å². The second-order valence-electron chi connectivity index (χ2n) is 8.52. The zero-order valence-corrected chi connectivity index (χ0v) is 18.8. The summed E-state index contributed by atoms with van der Waals surface area (Å²) in [5.41, 5.74) is 2.24. The molecule has 0 N–H and O–H groups in total. The zero-order valence-electron chi connectivity index (χ0n) is 18.0. The van der Waals surface area contributed by atoms with Gasteiger partial charge in [-0.05, 0) is 58.2 Å². The number of nitrogens with zero attached hydrogens (tertiary/aromatic N) is 3. The molecule has 1 atom stereocenters. The van der Waals surface area contributed by atoms with Gasteiger partial charge in [0.25, 0.3) is 0 Å². The highest BCUT2D eigenvalue weighted by Gasteiger charge is 2.32. The van der Waals surface area contributed by atoms with Crippen molar-refractivity contribution in [3.05, 3.63) is 35.5 Å². The fourth-order valence-electron chi connectivity index (χ4n) is 4.45. The van der Waals surface area contributed by atoms with Crippen LogP contribution in [-0.4, -0.2) is 68.2 Å². The number of likely N-dealkylation sites (N-methyl/N-ethyl adjacent to an activating group) is 1. The van der Waals surface area contributed by atoms with Crippen LogP contribution >= 0.6 is 0 Å². The topological polar surface area (TPSA) is 75.9 Å². The Morgan fingerprint density at radius 1 is 1.17 bits per heavy atom. The van der Waals surface area contributed by atoms with Gasteiger partial charge in [0.05, 0.1) is 16.7 Å². The molecule has 30 heavy (non-hydrogen) atoms. The second-order valence-corrected chi connectivity index (χ2v) is 10.4. The molecule has 3 heterocycles. The van der Waals surface area contributed by atoms with E-state index in [1.807, 2.05) is 32.0 Å². The number of hydrogen-bond donors (Lipinski definition) is 0. The lowest BCUT2D eigenvalue weighted by molar-refractivity contribution is 0.0581. The number of rotatable bonds is 6. The largest absolute Gasteiger partial charge is 0.377 e.